The van der Waals surface area contributed by atoms with Crippen LogP contribution in [0.5, 0.6) is 0 Å². The van der Waals surface area contributed by atoms with E-state index in [1.54, 1.807) is 0 Å². The van der Waals surface area contributed by atoms with Gasteiger partial charge in [0.25, 0.3) is 0 Å². The first kappa shape index (κ1) is 11.8. The van der Waals surface area contributed by atoms with Crippen LogP contribution >= 0.6 is 0 Å². The van der Waals surface area contributed by atoms with Crippen LogP contribution in [0, 0.1) is 0 Å². The molecular weight excluding hydrogens is 152 g/mol. The molecule has 0 heterocycles. The van der Waals surface area contributed by atoms with Gasteiger partial charge in [-0.15, -0.1) is 0 Å². The van der Waals surface area contributed by atoms with E-state index >= 15 is 0 Å². The maximum Gasteiger partial charge on any atom is 0.125 e. The Labute approximate surface area is 75.1 Å². The minimum atomic E-state index is 1.05. The Kier molecular flexibility index (Phi) is 10.7. The van der Waals surface area contributed by atoms with Crippen LogP contribution in [-0.4, -0.2) is 39.3 Å². The third-order valence-electron chi connectivity index (χ3n) is 1.88. The first-order chi connectivity index (χ1) is 5.91. The number of hydrogen-bond acceptors (Lipinski definition) is 0. The molecule has 0 rings (SSSR count). The molecule has 0 unspecified atom stereocenters. The van der Waals surface area contributed by atoms with Crippen molar-refractivity contribution in [2.24, 2.45) is 0 Å². The molecule has 0 aromatic heterocycles. The summed E-state index contributed by atoms with van der Waals surface area (Å²) in [6.45, 7) is 7.01. The molecular formula is C8H26N4+4. The van der Waals surface area contributed by atoms with E-state index in [9.17, 15) is 0 Å². The molecule has 0 atom stereocenters. The van der Waals surface area contributed by atoms with Gasteiger partial charge in [0.1, 0.15) is 26.2 Å². The van der Waals surface area contributed by atoms with Crippen LogP contribution in [0.1, 0.15) is 12.8 Å². The van der Waals surface area contributed by atoms with Crippen molar-refractivity contribution in [2.75, 3.05) is 39.3 Å². The molecule has 74 valence electrons. The molecule has 0 radical (unpaired) electrons. The van der Waals surface area contributed by atoms with Gasteiger partial charge in [0, 0.05) is 12.8 Å². The highest BCUT2D eigenvalue weighted by atomic mass is 14.9. The molecule has 0 spiro atoms. The highest BCUT2D eigenvalue weighted by molar-refractivity contribution is 4.32. The molecule has 0 aliphatic carbocycles. The minimum absolute atomic E-state index is 1.05. The van der Waals surface area contributed by atoms with Crippen LogP contribution in [0.3, 0.4) is 0 Å². The van der Waals surface area contributed by atoms with Crippen molar-refractivity contribution in [1.29, 1.82) is 0 Å². The Morgan fingerprint density at radius 1 is 0.667 bits per heavy atom. The van der Waals surface area contributed by atoms with Crippen molar-refractivity contribution < 1.29 is 22.1 Å². The quantitative estimate of drug-likeness (QED) is 0.256. The summed E-state index contributed by atoms with van der Waals surface area (Å²) >= 11 is 0. The van der Waals surface area contributed by atoms with Gasteiger partial charge in [-0.25, -0.2) is 0 Å². The third-order valence-corrected chi connectivity index (χ3v) is 1.88. The van der Waals surface area contributed by atoms with Crippen molar-refractivity contribution in [3.05, 3.63) is 0 Å². The molecule has 0 aliphatic heterocycles. The molecule has 0 saturated carbocycles. The van der Waals surface area contributed by atoms with Gasteiger partial charge in [0.15, 0.2) is 0 Å². The summed E-state index contributed by atoms with van der Waals surface area (Å²) in [5.74, 6) is 0. The summed E-state index contributed by atoms with van der Waals surface area (Å²) in [6, 6.07) is 0. The van der Waals surface area contributed by atoms with Crippen LogP contribution in [0.25, 0.3) is 0 Å². The molecule has 10 N–H and O–H groups in total. The van der Waals surface area contributed by atoms with Gasteiger partial charge in [-0.3, -0.25) is 0 Å². The zero-order valence-corrected chi connectivity index (χ0v) is 8.23. The monoisotopic (exact) mass is 178 g/mol. The standard InChI is InChI=1S/C8H22N4/c9-3-7-11-5-1-2-6-12-8-4-10/h11-12H,1-10H2/p+4. The summed E-state index contributed by atoms with van der Waals surface area (Å²) in [7, 11) is 0. The number of nitrogens with two attached hydrogens (primary N) is 2. The SMILES string of the molecule is [NH3+]CC[NH2+]CCCC[NH2+]CC[NH3+]. The van der Waals surface area contributed by atoms with Gasteiger partial charge >= 0.3 is 0 Å². The van der Waals surface area contributed by atoms with E-state index < -0.39 is 0 Å². The predicted octanol–water partition coefficient (Wildman–Crippen LogP) is -4.62. The normalized spacial score (nSPS) is 10.5. The van der Waals surface area contributed by atoms with E-state index in [4.69, 9.17) is 0 Å². The Hall–Kier alpha value is -0.160. The van der Waals surface area contributed by atoms with Gasteiger partial charge in [0.05, 0.1) is 13.1 Å². The topological polar surface area (TPSA) is 88.5 Å². The summed E-state index contributed by atoms with van der Waals surface area (Å²) in [4.78, 5) is 0. The van der Waals surface area contributed by atoms with Crippen molar-refractivity contribution >= 4 is 0 Å². The molecule has 12 heavy (non-hydrogen) atoms. The second-order valence-corrected chi connectivity index (χ2v) is 3.15. The molecule has 0 aromatic rings. The number of unbranched alkanes of at least 4 members (excludes halogenated alkanes) is 1. The molecule has 4 heteroatoms. The van der Waals surface area contributed by atoms with Crippen molar-refractivity contribution in [1.82, 2.24) is 0 Å². The number of rotatable bonds is 9. The fraction of sp³-hybridized carbons (Fsp3) is 1.00. The van der Waals surface area contributed by atoms with E-state index in [0.717, 1.165) is 13.1 Å². The van der Waals surface area contributed by atoms with Gasteiger partial charge < -0.3 is 22.1 Å². The second kappa shape index (κ2) is 10.8. The summed E-state index contributed by atoms with van der Waals surface area (Å²) in [6.07, 6.45) is 2.68. The molecule has 4 nitrogen and oxygen atoms in total. The van der Waals surface area contributed by atoms with Crippen molar-refractivity contribution in [2.45, 2.75) is 12.8 Å². The number of hydrogen-bond donors (Lipinski definition) is 4. The van der Waals surface area contributed by atoms with E-state index in [1.807, 2.05) is 0 Å². The van der Waals surface area contributed by atoms with Crippen LogP contribution in [0.15, 0.2) is 0 Å². The lowest BCUT2D eigenvalue weighted by Crippen LogP contribution is -2.89. The Bertz CT molecular complexity index is 67.5. The maximum absolute atomic E-state index is 3.80. The zero-order chi connectivity index (χ0) is 9.07. The minimum Gasteiger partial charge on any atom is -0.353 e. The number of quaternary nitrogens is 4. The summed E-state index contributed by atoms with van der Waals surface area (Å²) < 4.78 is 0. The van der Waals surface area contributed by atoms with E-state index in [0.29, 0.717) is 0 Å². The zero-order valence-electron chi connectivity index (χ0n) is 8.23. The highest BCUT2D eigenvalue weighted by Gasteiger charge is 1.93. The molecule has 0 aromatic carbocycles. The lowest BCUT2D eigenvalue weighted by molar-refractivity contribution is -0.678. The molecule has 0 bridgehead atoms. The van der Waals surface area contributed by atoms with Crippen molar-refractivity contribution in [3.63, 3.8) is 0 Å². The van der Waals surface area contributed by atoms with Gasteiger partial charge in [-0.2, -0.15) is 0 Å². The van der Waals surface area contributed by atoms with Crippen LogP contribution in [0.2, 0.25) is 0 Å². The summed E-state index contributed by atoms with van der Waals surface area (Å²) in [5, 5.41) is 4.71. The maximum atomic E-state index is 3.80. The molecule has 0 amide bonds. The highest BCUT2D eigenvalue weighted by Crippen LogP contribution is 1.76. The first-order valence-electron chi connectivity index (χ1n) is 5.13. The Balaban J connectivity index is 2.73. The van der Waals surface area contributed by atoms with Crippen molar-refractivity contribution in [3.8, 4) is 0 Å². The Morgan fingerprint density at radius 2 is 1.08 bits per heavy atom. The van der Waals surface area contributed by atoms with E-state index in [2.05, 4.69) is 22.1 Å². The van der Waals surface area contributed by atoms with E-state index in [1.165, 1.54) is 39.0 Å². The van der Waals surface area contributed by atoms with Crippen LogP contribution in [-0.2, 0) is 0 Å². The lowest BCUT2D eigenvalue weighted by Gasteiger charge is -1.99. The first-order valence-corrected chi connectivity index (χ1v) is 5.13. The lowest BCUT2D eigenvalue weighted by atomic mass is 10.3. The van der Waals surface area contributed by atoms with Gasteiger partial charge in [0.2, 0.25) is 0 Å². The average Bonchev–Trinajstić information content (AvgIpc) is 2.10. The fourth-order valence-electron chi connectivity index (χ4n) is 1.15. The Morgan fingerprint density at radius 3 is 1.42 bits per heavy atom. The smallest absolute Gasteiger partial charge is 0.125 e. The second-order valence-electron chi connectivity index (χ2n) is 3.15. The van der Waals surface area contributed by atoms with Crippen LogP contribution < -0.4 is 22.1 Å². The van der Waals surface area contributed by atoms with Gasteiger partial charge in [-0.1, -0.05) is 0 Å². The molecule has 0 aliphatic rings. The van der Waals surface area contributed by atoms with Gasteiger partial charge in [-0.05, 0) is 0 Å². The fourth-order valence-corrected chi connectivity index (χ4v) is 1.15. The van der Waals surface area contributed by atoms with Crippen LogP contribution in [0.4, 0.5) is 0 Å². The van der Waals surface area contributed by atoms with E-state index in [-0.39, 0.29) is 0 Å². The average molecular weight is 178 g/mol. The largest absolute Gasteiger partial charge is 0.353 e. The molecule has 0 saturated heterocycles. The third kappa shape index (κ3) is 9.84. The molecule has 0 fully saturated rings. The predicted molar refractivity (Wildman–Crippen MR) is 48.1 cm³/mol. The summed E-state index contributed by atoms with van der Waals surface area (Å²) in [5.41, 5.74) is 7.60.